The monoisotopic (exact) mass is 259 g/mol. The SMILES string of the molecule is CCc1ccc(C=C(c2ccccc2)[N+](=O)[O-])s1. The molecule has 2 aromatic rings. The lowest BCUT2D eigenvalue weighted by Crippen LogP contribution is -1.96. The highest BCUT2D eigenvalue weighted by atomic mass is 32.1. The molecule has 1 heterocycles. The average Bonchev–Trinajstić information content (AvgIpc) is 2.84. The molecule has 0 radical (unpaired) electrons. The van der Waals surface area contributed by atoms with Crippen molar-refractivity contribution in [2.45, 2.75) is 13.3 Å². The van der Waals surface area contributed by atoms with Crippen molar-refractivity contribution in [2.24, 2.45) is 0 Å². The molecular formula is C14H13NO2S. The van der Waals surface area contributed by atoms with Crippen molar-refractivity contribution in [2.75, 3.05) is 0 Å². The van der Waals surface area contributed by atoms with Crippen molar-refractivity contribution in [3.63, 3.8) is 0 Å². The zero-order valence-electron chi connectivity index (χ0n) is 10.00. The van der Waals surface area contributed by atoms with Gasteiger partial charge in [0.15, 0.2) is 0 Å². The Bertz CT molecular complexity index is 572. The summed E-state index contributed by atoms with van der Waals surface area (Å²) in [4.78, 5) is 12.9. The van der Waals surface area contributed by atoms with E-state index in [4.69, 9.17) is 0 Å². The number of nitrogens with zero attached hydrogens (tertiary/aromatic N) is 1. The van der Waals surface area contributed by atoms with E-state index in [-0.39, 0.29) is 10.6 Å². The van der Waals surface area contributed by atoms with E-state index in [0.717, 1.165) is 11.3 Å². The van der Waals surface area contributed by atoms with Crippen LogP contribution < -0.4 is 0 Å². The van der Waals surface area contributed by atoms with Crippen molar-refractivity contribution < 1.29 is 4.92 Å². The number of rotatable bonds is 4. The molecule has 4 heteroatoms. The molecule has 0 atom stereocenters. The van der Waals surface area contributed by atoms with Crippen LogP contribution in [-0.2, 0) is 6.42 Å². The minimum Gasteiger partial charge on any atom is -0.258 e. The van der Waals surface area contributed by atoms with Crippen LogP contribution in [0.1, 0.15) is 22.2 Å². The number of hydrogen-bond donors (Lipinski definition) is 0. The van der Waals surface area contributed by atoms with Gasteiger partial charge in [-0.3, -0.25) is 10.1 Å². The van der Waals surface area contributed by atoms with E-state index in [1.165, 1.54) is 4.88 Å². The van der Waals surface area contributed by atoms with Gasteiger partial charge in [0, 0.05) is 15.8 Å². The maximum Gasteiger partial charge on any atom is 0.277 e. The lowest BCUT2D eigenvalue weighted by Gasteiger charge is -1.97. The van der Waals surface area contributed by atoms with Crippen LogP contribution in [0.25, 0.3) is 11.8 Å². The highest BCUT2D eigenvalue weighted by Crippen LogP contribution is 2.24. The van der Waals surface area contributed by atoms with Gasteiger partial charge >= 0.3 is 0 Å². The molecule has 0 saturated heterocycles. The van der Waals surface area contributed by atoms with Gasteiger partial charge in [0.2, 0.25) is 0 Å². The van der Waals surface area contributed by atoms with Crippen LogP contribution in [-0.4, -0.2) is 4.92 Å². The molecule has 0 unspecified atom stereocenters. The third kappa shape index (κ3) is 2.84. The van der Waals surface area contributed by atoms with Crippen molar-refractivity contribution in [3.8, 4) is 0 Å². The summed E-state index contributed by atoms with van der Waals surface area (Å²) in [6.07, 6.45) is 2.59. The highest BCUT2D eigenvalue weighted by molar-refractivity contribution is 7.12. The molecule has 0 spiro atoms. The Morgan fingerprint density at radius 1 is 1.28 bits per heavy atom. The van der Waals surface area contributed by atoms with Gasteiger partial charge in [-0.2, -0.15) is 0 Å². The Hall–Kier alpha value is -1.94. The number of nitro groups is 1. The summed E-state index contributed by atoms with van der Waals surface area (Å²) in [5.41, 5.74) is 0.772. The first-order valence-corrected chi connectivity index (χ1v) is 6.52. The maximum absolute atomic E-state index is 11.1. The molecule has 0 aliphatic carbocycles. The third-order valence-electron chi connectivity index (χ3n) is 2.58. The van der Waals surface area contributed by atoms with Gasteiger partial charge < -0.3 is 0 Å². The van der Waals surface area contributed by atoms with Crippen molar-refractivity contribution in [1.82, 2.24) is 0 Å². The van der Waals surface area contributed by atoms with E-state index in [2.05, 4.69) is 6.92 Å². The molecule has 18 heavy (non-hydrogen) atoms. The van der Waals surface area contributed by atoms with Crippen LogP contribution in [0, 0.1) is 10.1 Å². The number of thiophene rings is 1. The van der Waals surface area contributed by atoms with Crippen LogP contribution >= 0.6 is 11.3 Å². The molecular weight excluding hydrogens is 246 g/mol. The smallest absolute Gasteiger partial charge is 0.258 e. The predicted octanol–water partition coefficient (Wildman–Crippen LogP) is 4.09. The third-order valence-corrected chi connectivity index (χ3v) is 3.75. The summed E-state index contributed by atoms with van der Waals surface area (Å²) < 4.78 is 0. The lowest BCUT2D eigenvalue weighted by molar-refractivity contribution is -0.374. The van der Waals surface area contributed by atoms with E-state index in [1.807, 2.05) is 18.2 Å². The zero-order chi connectivity index (χ0) is 13.0. The second kappa shape index (κ2) is 5.60. The summed E-state index contributed by atoms with van der Waals surface area (Å²) in [6, 6.07) is 12.9. The second-order valence-electron chi connectivity index (χ2n) is 3.81. The average molecular weight is 259 g/mol. The summed E-state index contributed by atoms with van der Waals surface area (Å²) in [5.74, 6) is 0. The predicted molar refractivity (Wildman–Crippen MR) is 75.0 cm³/mol. The minimum atomic E-state index is -0.333. The molecule has 0 bridgehead atoms. The Kier molecular flexibility index (Phi) is 3.89. The van der Waals surface area contributed by atoms with Crippen LogP contribution in [0.3, 0.4) is 0 Å². The van der Waals surface area contributed by atoms with Crippen molar-refractivity contribution in [1.29, 1.82) is 0 Å². The van der Waals surface area contributed by atoms with E-state index in [1.54, 1.807) is 41.7 Å². The molecule has 0 N–H and O–H groups in total. The van der Waals surface area contributed by atoms with E-state index in [0.29, 0.717) is 5.56 Å². The van der Waals surface area contributed by atoms with Crippen molar-refractivity contribution >= 4 is 23.1 Å². The number of benzene rings is 1. The van der Waals surface area contributed by atoms with Gasteiger partial charge in [0.25, 0.3) is 5.70 Å². The van der Waals surface area contributed by atoms with Gasteiger partial charge in [-0.1, -0.05) is 25.1 Å². The first-order valence-electron chi connectivity index (χ1n) is 5.71. The number of aryl methyl sites for hydroxylation is 1. The molecule has 1 aromatic carbocycles. The fraction of sp³-hybridized carbons (Fsp3) is 0.143. The van der Waals surface area contributed by atoms with Crippen LogP contribution in [0.2, 0.25) is 0 Å². The van der Waals surface area contributed by atoms with Gasteiger partial charge in [0.1, 0.15) is 0 Å². The van der Waals surface area contributed by atoms with E-state index in [9.17, 15) is 10.1 Å². The first kappa shape index (κ1) is 12.5. The summed E-state index contributed by atoms with van der Waals surface area (Å²) in [7, 11) is 0. The first-order chi connectivity index (χ1) is 8.70. The standard InChI is InChI=1S/C14H13NO2S/c1-2-12-8-9-13(18-12)10-14(15(16)17)11-6-4-3-5-7-11/h3-10H,2H2,1H3. The highest BCUT2D eigenvalue weighted by Gasteiger charge is 2.14. The quantitative estimate of drug-likeness (QED) is 0.613. The molecule has 0 fully saturated rings. The van der Waals surface area contributed by atoms with Gasteiger partial charge in [-0.05, 0) is 30.7 Å². The molecule has 92 valence electrons. The number of hydrogen-bond acceptors (Lipinski definition) is 3. The van der Waals surface area contributed by atoms with Gasteiger partial charge in [-0.25, -0.2) is 0 Å². The van der Waals surface area contributed by atoms with Crippen molar-refractivity contribution in [3.05, 3.63) is 67.9 Å². The fourth-order valence-corrected chi connectivity index (χ4v) is 2.54. The largest absolute Gasteiger partial charge is 0.277 e. The maximum atomic E-state index is 11.1. The summed E-state index contributed by atoms with van der Waals surface area (Å²) >= 11 is 1.59. The molecule has 3 nitrogen and oxygen atoms in total. The fourth-order valence-electron chi connectivity index (χ4n) is 1.65. The Labute approximate surface area is 110 Å². The zero-order valence-corrected chi connectivity index (χ0v) is 10.8. The van der Waals surface area contributed by atoms with Gasteiger partial charge in [0.05, 0.1) is 10.5 Å². The normalized spacial score (nSPS) is 11.5. The molecule has 0 aliphatic heterocycles. The van der Waals surface area contributed by atoms with E-state index < -0.39 is 0 Å². The molecule has 1 aromatic heterocycles. The molecule has 0 aliphatic rings. The second-order valence-corrected chi connectivity index (χ2v) is 5.01. The van der Waals surface area contributed by atoms with Gasteiger partial charge in [-0.15, -0.1) is 11.3 Å². The molecule has 0 amide bonds. The Balaban J connectivity index is 2.39. The molecule has 2 rings (SSSR count). The Morgan fingerprint density at radius 3 is 2.56 bits per heavy atom. The van der Waals surface area contributed by atoms with Crippen LogP contribution in [0.5, 0.6) is 0 Å². The topological polar surface area (TPSA) is 43.1 Å². The van der Waals surface area contributed by atoms with Crippen LogP contribution in [0.15, 0.2) is 42.5 Å². The molecule has 0 saturated carbocycles. The summed E-state index contributed by atoms with van der Waals surface area (Å²) in [5, 5.41) is 11.1. The van der Waals surface area contributed by atoms with Crippen LogP contribution in [0.4, 0.5) is 0 Å². The minimum absolute atomic E-state index is 0.139. The summed E-state index contributed by atoms with van der Waals surface area (Å²) in [6.45, 7) is 2.07. The lowest BCUT2D eigenvalue weighted by atomic mass is 10.1. The van der Waals surface area contributed by atoms with E-state index >= 15 is 0 Å². The Morgan fingerprint density at radius 2 is 2.00 bits per heavy atom.